The van der Waals surface area contributed by atoms with Crippen molar-refractivity contribution in [2.24, 2.45) is 0 Å². The summed E-state index contributed by atoms with van der Waals surface area (Å²) in [7, 11) is 0. The molecule has 0 atom stereocenters. The fourth-order valence-corrected chi connectivity index (χ4v) is 4.84. The van der Waals surface area contributed by atoms with Crippen LogP contribution in [0.1, 0.15) is 21.7 Å². The van der Waals surface area contributed by atoms with Gasteiger partial charge in [-0.3, -0.25) is 5.41 Å². The molecule has 0 unspecified atom stereocenters. The normalized spacial score (nSPS) is 15.6. The van der Waals surface area contributed by atoms with Gasteiger partial charge in [0.15, 0.2) is 0 Å². The molecule has 26 heavy (non-hydrogen) atoms. The Morgan fingerprint density at radius 3 is 2.62 bits per heavy atom. The average Bonchev–Trinajstić information content (AvgIpc) is 3.18. The number of benzene rings is 1. The van der Waals surface area contributed by atoms with E-state index in [0.29, 0.717) is 0 Å². The van der Waals surface area contributed by atoms with Gasteiger partial charge in [0.05, 0.1) is 26.3 Å². The first kappa shape index (κ1) is 17.5. The molecule has 0 aliphatic carbocycles. The molecule has 0 bridgehead atoms. The molecule has 1 saturated heterocycles. The van der Waals surface area contributed by atoms with Crippen molar-refractivity contribution in [1.29, 1.82) is 0 Å². The third-order valence-corrected chi connectivity index (χ3v) is 6.50. The van der Waals surface area contributed by atoms with Crippen LogP contribution in [0.5, 0.6) is 0 Å². The third kappa shape index (κ3) is 3.47. The maximum atomic E-state index is 6.47. The predicted molar refractivity (Wildman–Crippen MR) is 107 cm³/mol. The Kier molecular flexibility index (Phi) is 4.94. The number of nitrogens with two attached hydrogens (primary N) is 1. The van der Waals surface area contributed by atoms with Crippen molar-refractivity contribution in [3.63, 3.8) is 0 Å². The predicted octanol–water partition coefficient (Wildman–Crippen LogP) is 0.831. The van der Waals surface area contributed by atoms with Crippen molar-refractivity contribution in [1.82, 2.24) is 4.57 Å². The van der Waals surface area contributed by atoms with E-state index >= 15 is 0 Å². The molecule has 1 fully saturated rings. The maximum Gasteiger partial charge on any atom is 0.221 e. The van der Waals surface area contributed by atoms with Gasteiger partial charge in [0, 0.05) is 16.6 Å². The molecule has 5 heteroatoms. The van der Waals surface area contributed by atoms with E-state index in [4.69, 9.17) is 10.1 Å². The zero-order valence-corrected chi connectivity index (χ0v) is 16.4. The molecule has 4 rings (SSSR count). The minimum absolute atomic E-state index is 0.870. The van der Waals surface area contributed by atoms with Crippen molar-refractivity contribution in [2.45, 2.75) is 20.4 Å². The first-order valence-electron chi connectivity index (χ1n) is 9.32. The molecule has 0 saturated carbocycles. The number of aryl methyl sites for hydroxylation is 2. The largest absolute Gasteiger partial charge is 0.370 e. The van der Waals surface area contributed by atoms with Gasteiger partial charge < -0.3 is 14.2 Å². The summed E-state index contributed by atoms with van der Waals surface area (Å²) in [5.41, 5.74) is 4.56. The number of hydrogen-bond donors (Lipinski definition) is 2. The second-order valence-corrected chi connectivity index (χ2v) is 8.23. The van der Waals surface area contributed by atoms with E-state index in [9.17, 15) is 0 Å². The van der Waals surface area contributed by atoms with Gasteiger partial charge >= 0.3 is 0 Å². The lowest BCUT2D eigenvalue weighted by Crippen LogP contribution is -3.14. The van der Waals surface area contributed by atoms with Crippen LogP contribution in [0.2, 0.25) is 0 Å². The number of nitrogens with one attached hydrogen (secondary N) is 1. The molecular formula is C21H27N3OS+2. The van der Waals surface area contributed by atoms with E-state index in [1.807, 2.05) is 0 Å². The number of hydrogen-bond acceptors (Lipinski definition) is 2. The SMILES string of the molecule is Cc1ccc(C(=[NH2+])c2cc3cc(C)n(CC[NH+]4CCOCC4)c3s2)cc1. The summed E-state index contributed by atoms with van der Waals surface area (Å²) in [6, 6.07) is 13.0. The Morgan fingerprint density at radius 1 is 1.15 bits per heavy atom. The van der Waals surface area contributed by atoms with Crippen molar-refractivity contribution < 1.29 is 15.0 Å². The first-order valence-corrected chi connectivity index (χ1v) is 10.1. The van der Waals surface area contributed by atoms with Gasteiger partial charge in [-0.1, -0.05) is 17.7 Å². The molecule has 136 valence electrons. The molecule has 4 nitrogen and oxygen atoms in total. The van der Waals surface area contributed by atoms with Crippen LogP contribution in [0.4, 0.5) is 0 Å². The summed E-state index contributed by atoms with van der Waals surface area (Å²) in [4.78, 5) is 4.13. The van der Waals surface area contributed by atoms with Crippen LogP contribution in [0, 0.1) is 13.8 Å². The molecule has 3 heterocycles. The molecule has 0 amide bonds. The Bertz CT molecular complexity index is 917. The molecule has 0 radical (unpaired) electrons. The Hall–Kier alpha value is -1.95. The number of quaternary nitrogens is 1. The van der Waals surface area contributed by atoms with Gasteiger partial charge in [-0.15, -0.1) is 11.3 Å². The van der Waals surface area contributed by atoms with Crippen LogP contribution in [0.15, 0.2) is 36.4 Å². The summed E-state index contributed by atoms with van der Waals surface area (Å²) in [6.45, 7) is 10.5. The molecule has 1 aromatic carbocycles. The standard InChI is InChI=1S/C21H25N3OS/c1-15-3-5-17(6-4-15)20(22)19-14-18-13-16(2)24(21(18)26-19)8-7-23-9-11-25-12-10-23/h3-6,13-14,22H,7-12H2,1-2H3/p+2. The van der Waals surface area contributed by atoms with E-state index in [-0.39, 0.29) is 0 Å². The zero-order chi connectivity index (χ0) is 18.1. The minimum atomic E-state index is 0.870. The Balaban J connectivity index is 1.56. The van der Waals surface area contributed by atoms with Gasteiger partial charge in [-0.05, 0) is 38.1 Å². The smallest absolute Gasteiger partial charge is 0.221 e. The number of fused-ring (bicyclic) bond motifs is 1. The number of nitrogens with zero attached hydrogens (tertiary/aromatic N) is 1. The summed E-state index contributed by atoms with van der Waals surface area (Å²) in [5.74, 6) is 0. The molecule has 1 aliphatic rings. The van der Waals surface area contributed by atoms with Crippen molar-refractivity contribution >= 4 is 27.3 Å². The monoisotopic (exact) mass is 369 g/mol. The van der Waals surface area contributed by atoms with Crippen LogP contribution >= 0.6 is 11.3 Å². The summed E-state index contributed by atoms with van der Waals surface area (Å²) < 4.78 is 7.92. The van der Waals surface area contributed by atoms with Crippen LogP contribution < -0.4 is 10.3 Å². The highest BCUT2D eigenvalue weighted by Crippen LogP contribution is 2.29. The van der Waals surface area contributed by atoms with Gasteiger partial charge in [-0.25, -0.2) is 0 Å². The van der Waals surface area contributed by atoms with Gasteiger partial charge in [0.25, 0.3) is 0 Å². The molecule has 3 N–H and O–H groups in total. The van der Waals surface area contributed by atoms with E-state index in [1.165, 1.54) is 21.5 Å². The molecule has 0 spiro atoms. The van der Waals surface area contributed by atoms with Gasteiger partial charge in [0.2, 0.25) is 5.71 Å². The lowest BCUT2D eigenvalue weighted by atomic mass is 10.1. The second-order valence-electron chi connectivity index (χ2n) is 7.20. The number of morpholine rings is 1. The summed E-state index contributed by atoms with van der Waals surface area (Å²) in [5, 5.41) is 7.77. The third-order valence-electron chi connectivity index (χ3n) is 5.29. The Morgan fingerprint density at radius 2 is 1.88 bits per heavy atom. The van der Waals surface area contributed by atoms with Crippen LogP contribution in [-0.2, 0) is 11.3 Å². The first-order chi connectivity index (χ1) is 12.6. The van der Waals surface area contributed by atoms with E-state index in [0.717, 1.165) is 55.5 Å². The van der Waals surface area contributed by atoms with E-state index in [1.54, 1.807) is 16.2 Å². The van der Waals surface area contributed by atoms with Crippen LogP contribution in [-0.4, -0.2) is 43.1 Å². The fourth-order valence-electron chi connectivity index (χ4n) is 3.64. The molecule has 1 aliphatic heterocycles. The van der Waals surface area contributed by atoms with Gasteiger partial charge in [0.1, 0.15) is 22.8 Å². The van der Waals surface area contributed by atoms with E-state index in [2.05, 4.69) is 54.8 Å². The highest BCUT2D eigenvalue weighted by molar-refractivity contribution is 7.20. The number of rotatable bonds is 5. The maximum absolute atomic E-state index is 6.47. The summed E-state index contributed by atoms with van der Waals surface area (Å²) in [6.07, 6.45) is 0. The number of thiophene rings is 1. The lowest BCUT2D eigenvalue weighted by Gasteiger charge is -2.24. The fraction of sp³-hybridized carbons (Fsp3) is 0.381. The lowest BCUT2D eigenvalue weighted by molar-refractivity contribution is -0.908. The summed E-state index contributed by atoms with van der Waals surface area (Å²) >= 11 is 1.81. The van der Waals surface area contributed by atoms with Crippen molar-refractivity contribution in [3.05, 3.63) is 58.1 Å². The highest BCUT2D eigenvalue weighted by Gasteiger charge is 2.19. The second kappa shape index (κ2) is 7.35. The number of ether oxygens (including phenoxy) is 1. The average molecular weight is 370 g/mol. The van der Waals surface area contributed by atoms with E-state index < -0.39 is 0 Å². The molecule has 2 aromatic heterocycles. The highest BCUT2D eigenvalue weighted by atomic mass is 32.1. The van der Waals surface area contributed by atoms with Crippen molar-refractivity contribution in [2.75, 3.05) is 32.8 Å². The molecular weight excluding hydrogens is 342 g/mol. The van der Waals surface area contributed by atoms with Crippen LogP contribution in [0.25, 0.3) is 10.2 Å². The number of aromatic nitrogens is 1. The quantitative estimate of drug-likeness (QED) is 0.643. The van der Waals surface area contributed by atoms with Crippen molar-refractivity contribution in [3.8, 4) is 0 Å². The van der Waals surface area contributed by atoms with Crippen LogP contribution in [0.3, 0.4) is 0 Å². The topological polar surface area (TPSA) is 44.2 Å². The Labute approximate surface area is 158 Å². The zero-order valence-electron chi connectivity index (χ0n) is 15.5. The molecule has 3 aromatic rings. The van der Waals surface area contributed by atoms with Gasteiger partial charge in [-0.2, -0.15) is 0 Å². The minimum Gasteiger partial charge on any atom is -0.370 e.